The summed E-state index contributed by atoms with van der Waals surface area (Å²) in [6.45, 7) is 1.03. The zero-order valence-corrected chi connectivity index (χ0v) is 10.5. The van der Waals surface area contributed by atoms with E-state index in [1.807, 2.05) is 0 Å². The molecule has 1 rings (SSSR count). The lowest BCUT2D eigenvalue weighted by atomic mass is 10.9. The molecule has 0 fully saturated rings. The van der Waals surface area contributed by atoms with Gasteiger partial charge < -0.3 is 21.9 Å². The molecule has 0 radical (unpaired) electrons. The van der Waals surface area contributed by atoms with Gasteiger partial charge in [0.25, 0.3) is 0 Å². The van der Waals surface area contributed by atoms with Crippen molar-refractivity contribution in [2.75, 3.05) is 20.8 Å². The molecule has 0 aromatic carbocycles. The average molecular weight is 337 g/mol. The van der Waals surface area contributed by atoms with E-state index in [-0.39, 0.29) is 17.0 Å². The first-order valence-electron chi connectivity index (χ1n) is 2.72. The Morgan fingerprint density at radius 1 is 1.50 bits per heavy atom. The molecule has 0 saturated carbocycles. The Kier molecular flexibility index (Phi) is 4.47. The predicted octanol–water partition coefficient (Wildman–Crippen LogP) is -2.68. The van der Waals surface area contributed by atoms with E-state index in [1.54, 1.807) is 0 Å². The van der Waals surface area contributed by atoms with Crippen LogP contribution in [0.3, 0.4) is 0 Å². The molecule has 0 aromatic heterocycles. The Labute approximate surface area is 88.3 Å². The van der Waals surface area contributed by atoms with Gasteiger partial charge in [0.1, 0.15) is 0 Å². The van der Waals surface area contributed by atoms with E-state index in [2.05, 4.69) is 50.9 Å². The standard InChI is InChI=1S/C5H8Br2N2.BrH/c1-8-3-9(2)5(7)4(8)6;/h3H2,1-2H3;1H. The van der Waals surface area contributed by atoms with Gasteiger partial charge >= 0.3 is 0 Å². The maximum absolute atomic E-state index is 3.46. The highest BCUT2D eigenvalue weighted by molar-refractivity contribution is 9.14. The molecule has 0 bridgehead atoms. The summed E-state index contributed by atoms with van der Waals surface area (Å²) in [7, 11) is 4.18. The van der Waals surface area contributed by atoms with E-state index >= 15 is 0 Å². The van der Waals surface area contributed by atoms with E-state index in [4.69, 9.17) is 0 Å². The Morgan fingerprint density at radius 2 is 2.00 bits per heavy atom. The van der Waals surface area contributed by atoms with Crippen LogP contribution >= 0.6 is 31.9 Å². The molecule has 0 aliphatic carbocycles. The molecular weight excluding hydrogens is 328 g/mol. The molecule has 1 unspecified atom stereocenters. The Morgan fingerprint density at radius 3 is 2.10 bits per heavy atom. The monoisotopic (exact) mass is 334 g/mol. The first kappa shape index (κ1) is 10.9. The van der Waals surface area contributed by atoms with Crippen LogP contribution in [0.25, 0.3) is 0 Å². The van der Waals surface area contributed by atoms with Gasteiger partial charge in [-0.25, -0.2) is 0 Å². The van der Waals surface area contributed by atoms with Crippen LogP contribution in [0.2, 0.25) is 0 Å². The van der Waals surface area contributed by atoms with E-state index in [1.165, 1.54) is 9.51 Å². The third-order valence-corrected chi connectivity index (χ3v) is 3.95. The maximum Gasteiger partial charge on any atom is 0.206 e. The molecule has 10 heavy (non-hydrogen) atoms. The first-order chi connectivity index (χ1) is 4.13. The Bertz CT molecular complexity index is 141. The summed E-state index contributed by atoms with van der Waals surface area (Å²) in [5, 5.41) is 0. The van der Waals surface area contributed by atoms with Gasteiger partial charge in [-0.15, -0.1) is 0 Å². The molecule has 5 heteroatoms. The zero-order chi connectivity index (χ0) is 7.02. The summed E-state index contributed by atoms with van der Waals surface area (Å²) in [6, 6.07) is 0. The van der Waals surface area contributed by atoms with Crippen molar-refractivity contribution in [3.63, 3.8) is 0 Å². The van der Waals surface area contributed by atoms with Crippen LogP contribution in [0.4, 0.5) is 0 Å². The molecule has 0 aromatic rings. The van der Waals surface area contributed by atoms with Crippen molar-refractivity contribution in [1.82, 2.24) is 4.90 Å². The number of hydrogen-bond acceptors (Lipinski definition) is 1. The van der Waals surface area contributed by atoms with Crippen LogP contribution in [0, 0.1) is 0 Å². The molecule has 60 valence electrons. The van der Waals surface area contributed by atoms with E-state index in [9.17, 15) is 0 Å². The Balaban J connectivity index is 0.000000810. The fourth-order valence-electron chi connectivity index (χ4n) is 0.838. The molecule has 1 N–H and O–H groups in total. The first-order valence-corrected chi connectivity index (χ1v) is 4.30. The lowest BCUT2D eigenvalue weighted by Gasteiger charge is -2.07. The molecule has 2 nitrogen and oxygen atoms in total. The van der Waals surface area contributed by atoms with Gasteiger partial charge in [0.05, 0.1) is 7.05 Å². The largest absolute Gasteiger partial charge is 1.00 e. The van der Waals surface area contributed by atoms with Gasteiger partial charge in [0.15, 0.2) is 11.3 Å². The molecule has 0 amide bonds. The second-order valence-corrected chi connectivity index (χ2v) is 3.79. The van der Waals surface area contributed by atoms with Gasteiger partial charge in [-0.2, -0.15) is 0 Å². The number of nitrogens with zero attached hydrogens (tertiary/aromatic N) is 1. The summed E-state index contributed by atoms with van der Waals surface area (Å²) in [6.07, 6.45) is 0. The van der Waals surface area contributed by atoms with E-state index < -0.39 is 0 Å². The lowest BCUT2D eigenvalue weighted by Crippen LogP contribution is -3.05. The van der Waals surface area contributed by atoms with Crippen molar-refractivity contribution in [2.24, 2.45) is 0 Å². The number of rotatable bonds is 0. The third kappa shape index (κ3) is 1.96. The highest BCUT2D eigenvalue weighted by atomic mass is 79.9. The number of nitrogens with one attached hydrogen (secondary N) is 1. The van der Waals surface area contributed by atoms with Crippen molar-refractivity contribution in [3.8, 4) is 0 Å². The van der Waals surface area contributed by atoms with Crippen molar-refractivity contribution < 1.29 is 21.9 Å². The third-order valence-electron chi connectivity index (χ3n) is 1.37. The topological polar surface area (TPSA) is 7.68 Å². The smallest absolute Gasteiger partial charge is 0.206 e. The van der Waals surface area contributed by atoms with Crippen LogP contribution in [0.1, 0.15) is 0 Å². The molecule has 1 heterocycles. The van der Waals surface area contributed by atoms with Gasteiger partial charge in [0.2, 0.25) is 4.61 Å². The second kappa shape index (κ2) is 4.09. The van der Waals surface area contributed by atoms with Crippen molar-refractivity contribution in [3.05, 3.63) is 9.21 Å². The van der Waals surface area contributed by atoms with Crippen molar-refractivity contribution in [2.45, 2.75) is 0 Å². The van der Waals surface area contributed by atoms with Gasteiger partial charge in [-0.05, 0) is 15.9 Å². The van der Waals surface area contributed by atoms with Crippen molar-refractivity contribution >= 4 is 31.9 Å². The molecule has 1 aliphatic rings. The molecule has 0 spiro atoms. The second-order valence-electron chi connectivity index (χ2n) is 2.24. The minimum Gasteiger partial charge on any atom is -1.00 e. The number of halogens is 3. The average Bonchev–Trinajstić information content (AvgIpc) is 1.98. The summed E-state index contributed by atoms with van der Waals surface area (Å²) < 4.78 is 2.35. The quantitative estimate of drug-likeness (QED) is 0.474. The normalized spacial score (nSPS) is 25.2. The number of hydrogen-bond donors (Lipinski definition) is 1. The summed E-state index contributed by atoms with van der Waals surface area (Å²) in [5.41, 5.74) is 0. The van der Waals surface area contributed by atoms with E-state index in [0.717, 1.165) is 11.3 Å². The maximum atomic E-state index is 3.46. The Hall–Kier alpha value is 0.940. The summed E-state index contributed by atoms with van der Waals surface area (Å²) >= 11 is 6.91. The fraction of sp³-hybridized carbons (Fsp3) is 0.600. The van der Waals surface area contributed by atoms with Gasteiger partial charge in [-0.1, -0.05) is 0 Å². The fourth-order valence-corrected chi connectivity index (χ4v) is 1.73. The van der Waals surface area contributed by atoms with Gasteiger partial charge in [-0.3, -0.25) is 4.90 Å². The van der Waals surface area contributed by atoms with Crippen LogP contribution in [0.15, 0.2) is 9.21 Å². The summed E-state index contributed by atoms with van der Waals surface area (Å²) in [4.78, 5) is 3.53. The molecule has 1 atom stereocenters. The molecule has 0 saturated heterocycles. The van der Waals surface area contributed by atoms with Crippen LogP contribution in [-0.2, 0) is 0 Å². The van der Waals surface area contributed by atoms with Crippen molar-refractivity contribution in [1.29, 1.82) is 0 Å². The minimum absolute atomic E-state index is 0. The number of quaternary nitrogens is 1. The van der Waals surface area contributed by atoms with Crippen LogP contribution < -0.4 is 21.9 Å². The van der Waals surface area contributed by atoms with E-state index in [0.29, 0.717) is 0 Å². The SMILES string of the molecule is CN1C[NH+](C)C(Br)=C1Br.[Br-]. The van der Waals surface area contributed by atoms with Crippen LogP contribution in [-0.4, -0.2) is 25.7 Å². The minimum atomic E-state index is 0. The predicted molar refractivity (Wildman–Crippen MR) is 44.4 cm³/mol. The zero-order valence-electron chi connectivity index (χ0n) is 5.79. The molecule has 1 aliphatic heterocycles. The highest BCUT2D eigenvalue weighted by Crippen LogP contribution is 2.18. The summed E-state index contributed by atoms with van der Waals surface area (Å²) in [5.74, 6) is 0. The highest BCUT2D eigenvalue weighted by Gasteiger charge is 2.24. The lowest BCUT2D eigenvalue weighted by molar-refractivity contribution is -0.831. The van der Waals surface area contributed by atoms with Gasteiger partial charge in [0, 0.05) is 23.0 Å². The van der Waals surface area contributed by atoms with Crippen LogP contribution in [0.5, 0.6) is 0 Å². The molecular formula is C5H9Br3N2.